The molecular formula is C18H25NO4. The van der Waals surface area contributed by atoms with Crippen LogP contribution in [-0.4, -0.2) is 29.6 Å². The lowest BCUT2D eigenvalue weighted by atomic mass is 9.97. The zero-order valence-electron chi connectivity index (χ0n) is 14.2. The van der Waals surface area contributed by atoms with E-state index in [1.54, 1.807) is 0 Å². The van der Waals surface area contributed by atoms with Crippen LogP contribution in [0.4, 0.5) is 0 Å². The monoisotopic (exact) mass is 319 g/mol. The van der Waals surface area contributed by atoms with Crippen LogP contribution in [0.5, 0.6) is 5.75 Å². The number of fused-ring (bicyclic) bond motifs is 1. The maximum absolute atomic E-state index is 12.3. The van der Waals surface area contributed by atoms with Crippen molar-refractivity contribution in [2.45, 2.75) is 46.6 Å². The molecule has 5 heteroatoms. The summed E-state index contributed by atoms with van der Waals surface area (Å²) < 4.78 is 5.72. The summed E-state index contributed by atoms with van der Waals surface area (Å²) in [5.41, 5.74) is 3.34. The molecule has 1 heterocycles. The molecule has 5 nitrogen and oxygen atoms in total. The van der Waals surface area contributed by atoms with Crippen LogP contribution in [0.15, 0.2) is 12.1 Å². The van der Waals surface area contributed by atoms with Crippen LogP contribution in [-0.2, 0) is 16.0 Å². The first-order valence-corrected chi connectivity index (χ1v) is 8.05. The Balaban J connectivity index is 1.94. The van der Waals surface area contributed by atoms with E-state index in [0.717, 1.165) is 16.9 Å². The Morgan fingerprint density at radius 2 is 1.96 bits per heavy atom. The van der Waals surface area contributed by atoms with Gasteiger partial charge < -0.3 is 15.2 Å². The quantitative estimate of drug-likeness (QED) is 0.844. The first-order valence-electron chi connectivity index (χ1n) is 8.05. The molecule has 1 aromatic carbocycles. The maximum atomic E-state index is 12.3. The van der Waals surface area contributed by atoms with Crippen LogP contribution in [0.3, 0.4) is 0 Å². The molecule has 0 radical (unpaired) electrons. The smallest absolute Gasteiger partial charge is 0.308 e. The first-order chi connectivity index (χ1) is 10.8. The third-order valence-electron chi connectivity index (χ3n) is 4.27. The summed E-state index contributed by atoms with van der Waals surface area (Å²) in [5.74, 6) is -0.657. The van der Waals surface area contributed by atoms with Crippen LogP contribution in [0.2, 0.25) is 0 Å². The molecule has 23 heavy (non-hydrogen) atoms. The van der Waals surface area contributed by atoms with E-state index < -0.39 is 18.0 Å². The minimum Gasteiger partial charge on any atom is -0.481 e. The summed E-state index contributed by atoms with van der Waals surface area (Å²) >= 11 is 0. The Hall–Kier alpha value is -2.04. The van der Waals surface area contributed by atoms with Gasteiger partial charge in [-0.3, -0.25) is 9.59 Å². The first kappa shape index (κ1) is 17.3. The molecule has 2 rings (SSSR count). The number of hydrogen-bond donors (Lipinski definition) is 2. The predicted octanol–water partition coefficient (Wildman–Crippen LogP) is 2.47. The molecule has 0 spiro atoms. The van der Waals surface area contributed by atoms with Crippen molar-refractivity contribution in [1.82, 2.24) is 5.32 Å². The molecule has 1 aromatic rings. The van der Waals surface area contributed by atoms with E-state index in [1.807, 2.05) is 33.8 Å². The van der Waals surface area contributed by atoms with Crippen LogP contribution >= 0.6 is 0 Å². The Labute approximate surface area is 137 Å². The van der Waals surface area contributed by atoms with Crippen LogP contribution in [0.1, 0.15) is 37.0 Å². The number of carbonyl (C=O) groups is 2. The lowest BCUT2D eigenvalue weighted by Gasteiger charge is -2.17. The SMILES string of the molecule is Cc1cc2c(cc1C)OC(C(=O)NCC(CC(C)C)C(=O)O)C2. The van der Waals surface area contributed by atoms with Crippen molar-refractivity contribution < 1.29 is 19.4 Å². The average molecular weight is 319 g/mol. The maximum Gasteiger partial charge on any atom is 0.308 e. The van der Waals surface area contributed by atoms with Gasteiger partial charge in [-0.1, -0.05) is 19.9 Å². The summed E-state index contributed by atoms with van der Waals surface area (Å²) in [5, 5.41) is 12.0. The van der Waals surface area contributed by atoms with E-state index in [-0.39, 0.29) is 18.4 Å². The molecule has 0 bridgehead atoms. The van der Waals surface area contributed by atoms with Gasteiger partial charge >= 0.3 is 5.97 Å². The van der Waals surface area contributed by atoms with E-state index >= 15 is 0 Å². The number of ether oxygens (including phenoxy) is 1. The molecule has 2 N–H and O–H groups in total. The number of amides is 1. The molecule has 0 aliphatic carbocycles. The second-order valence-corrected chi connectivity index (χ2v) is 6.76. The summed E-state index contributed by atoms with van der Waals surface area (Å²) in [6.45, 7) is 8.13. The number of rotatable bonds is 6. The molecular weight excluding hydrogens is 294 g/mol. The van der Waals surface area contributed by atoms with Gasteiger partial charge in [0.25, 0.3) is 5.91 Å². The minimum absolute atomic E-state index is 0.139. The highest BCUT2D eigenvalue weighted by molar-refractivity contribution is 5.83. The number of carboxylic acid groups (broad SMARTS) is 1. The van der Waals surface area contributed by atoms with Gasteiger partial charge in [0.2, 0.25) is 0 Å². The summed E-state index contributed by atoms with van der Waals surface area (Å²) in [6.07, 6.45) is 0.504. The molecule has 0 fully saturated rings. The highest BCUT2D eigenvalue weighted by atomic mass is 16.5. The van der Waals surface area contributed by atoms with Crippen LogP contribution < -0.4 is 10.1 Å². The van der Waals surface area contributed by atoms with Crippen LogP contribution in [0.25, 0.3) is 0 Å². The molecule has 2 atom stereocenters. The Bertz CT molecular complexity index is 578. The Morgan fingerprint density at radius 1 is 1.30 bits per heavy atom. The molecule has 0 saturated carbocycles. The fourth-order valence-corrected chi connectivity index (χ4v) is 2.84. The van der Waals surface area contributed by atoms with Gasteiger partial charge in [0.1, 0.15) is 5.75 Å². The van der Waals surface area contributed by atoms with Crippen molar-refractivity contribution >= 4 is 11.9 Å². The van der Waals surface area contributed by atoms with Gasteiger partial charge in [-0.2, -0.15) is 0 Å². The molecule has 0 aromatic heterocycles. The fourth-order valence-electron chi connectivity index (χ4n) is 2.84. The summed E-state index contributed by atoms with van der Waals surface area (Å²) in [7, 11) is 0. The molecule has 126 valence electrons. The topological polar surface area (TPSA) is 75.6 Å². The predicted molar refractivity (Wildman–Crippen MR) is 87.6 cm³/mol. The number of carbonyl (C=O) groups excluding carboxylic acids is 1. The number of aliphatic carboxylic acids is 1. The third-order valence-corrected chi connectivity index (χ3v) is 4.27. The number of benzene rings is 1. The Morgan fingerprint density at radius 3 is 2.57 bits per heavy atom. The standard InChI is InChI=1S/C18H25NO4/c1-10(2)5-14(18(21)22)9-19-17(20)16-8-13-6-11(3)12(4)7-15(13)23-16/h6-7,10,14,16H,5,8-9H2,1-4H3,(H,19,20)(H,21,22). The lowest BCUT2D eigenvalue weighted by Crippen LogP contribution is -2.41. The second kappa shape index (κ2) is 7.02. The summed E-state index contributed by atoms with van der Waals surface area (Å²) in [4.78, 5) is 23.5. The van der Waals surface area contributed by atoms with Crippen molar-refractivity contribution in [2.75, 3.05) is 6.54 Å². The minimum atomic E-state index is -0.874. The third kappa shape index (κ3) is 4.24. The summed E-state index contributed by atoms with van der Waals surface area (Å²) in [6, 6.07) is 4.01. The fraction of sp³-hybridized carbons (Fsp3) is 0.556. The molecule has 2 unspecified atom stereocenters. The van der Waals surface area contributed by atoms with Gasteiger partial charge in [0, 0.05) is 13.0 Å². The van der Waals surface area contributed by atoms with E-state index in [9.17, 15) is 14.7 Å². The highest BCUT2D eigenvalue weighted by Gasteiger charge is 2.30. The van der Waals surface area contributed by atoms with E-state index in [2.05, 4.69) is 11.4 Å². The zero-order valence-corrected chi connectivity index (χ0v) is 14.2. The van der Waals surface area contributed by atoms with Gasteiger partial charge in [-0.05, 0) is 48.9 Å². The van der Waals surface area contributed by atoms with Gasteiger partial charge in [-0.25, -0.2) is 0 Å². The molecule has 0 saturated heterocycles. The van der Waals surface area contributed by atoms with Gasteiger partial charge in [0.15, 0.2) is 6.10 Å². The largest absolute Gasteiger partial charge is 0.481 e. The second-order valence-electron chi connectivity index (χ2n) is 6.76. The van der Waals surface area contributed by atoms with Crippen molar-refractivity contribution in [3.05, 3.63) is 28.8 Å². The van der Waals surface area contributed by atoms with Crippen molar-refractivity contribution in [2.24, 2.45) is 11.8 Å². The van der Waals surface area contributed by atoms with Gasteiger partial charge in [-0.15, -0.1) is 0 Å². The molecule has 1 aliphatic rings. The van der Waals surface area contributed by atoms with Crippen molar-refractivity contribution in [3.63, 3.8) is 0 Å². The number of hydrogen-bond acceptors (Lipinski definition) is 3. The average Bonchev–Trinajstić information content (AvgIpc) is 2.85. The van der Waals surface area contributed by atoms with Crippen molar-refractivity contribution in [1.29, 1.82) is 0 Å². The normalized spacial score (nSPS) is 17.5. The van der Waals surface area contributed by atoms with E-state index in [1.165, 1.54) is 5.56 Å². The molecule has 1 aliphatic heterocycles. The van der Waals surface area contributed by atoms with Crippen molar-refractivity contribution in [3.8, 4) is 5.75 Å². The Kier molecular flexibility index (Phi) is 5.29. The highest BCUT2D eigenvalue weighted by Crippen LogP contribution is 2.31. The zero-order chi connectivity index (χ0) is 17.1. The number of nitrogens with one attached hydrogen (secondary N) is 1. The lowest BCUT2D eigenvalue weighted by molar-refractivity contribution is -0.142. The molecule has 1 amide bonds. The number of aryl methyl sites for hydroxylation is 2. The van der Waals surface area contributed by atoms with Gasteiger partial charge in [0.05, 0.1) is 5.92 Å². The van der Waals surface area contributed by atoms with E-state index in [0.29, 0.717) is 12.8 Å². The van der Waals surface area contributed by atoms with E-state index in [4.69, 9.17) is 4.74 Å². The van der Waals surface area contributed by atoms with Crippen LogP contribution in [0, 0.1) is 25.7 Å². The number of carboxylic acids is 1.